The van der Waals surface area contributed by atoms with Crippen molar-refractivity contribution in [1.82, 2.24) is 9.38 Å². The van der Waals surface area contributed by atoms with Crippen LogP contribution in [0.4, 0.5) is 19.0 Å². The molecule has 0 amide bonds. The number of thioether (sulfide) groups is 1. The third-order valence-electron chi connectivity index (χ3n) is 4.54. The summed E-state index contributed by atoms with van der Waals surface area (Å²) in [4.78, 5) is 7.15. The predicted octanol–water partition coefficient (Wildman–Crippen LogP) is 6.90. The molecular weight excluding hydrogens is 435 g/mol. The number of hydrogen-bond donors (Lipinski definition) is 0. The molecule has 0 saturated heterocycles. The summed E-state index contributed by atoms with van der Waals surface area (Å²) in [5.74, 6) is 0.672. The summed E-state index contributed by atoms with van der Waals surface area (Å²) < 4.78 is 43.5. The average Bonchev–Trinajstić information content (AvgIpc) is 3.05. The molecule has 3 aromatic rings. The van der Waals surface area contributed by atoms with Crippen molar-refractivity contribution in [2.45, 2.75) is 38.1 Å². The molecule has 162 valence electrons. The zero-order valence-corrected chi connectivity index (χ0v) is 18.5. The minimum atomic E-state index is -4.77. The lowest BCUT2D eigenvalue weighted by atomic mass is 10.1. The number of hydrogen-bond acceptors (Lipinski definition) is 4. The summed E-state index contributed by atoms with van der Waals surface area (Å²) in [5.41, 5.74) is 2.05. The number of aromatic nitrogens is 2. The Morgan fingerprint density at radius 1 is 1.13 bits per heavy atom. The van der Waals surface area contributed by atoms with Gasteiger partial charge >= 0.3 is 6.36 Å². The average molecular weight is 458 g/mol. The van der Waals surface area contributed by atoms with Crippen molar-refractivity contribution in [1.29, 1.82) is 0 Å². The van der Waals surface area contributed by atoms with Crippen molar-refractivity contribution >= 4 is 34.8 Å². The lowest BCUT2D eigenvalue weighted by molar-refractivity contribution is -0.274. The third kappa shape index (κ3) is 4.81. The number of imidazole rings is 1. The van der Waals surface area contributed by atoms with Crippen molar-refractivity contribution in [3.8, 4) is 16.9 Å². The number of halogens is 4. The molecule has 0 aliphatic heterocycles. The van der Waals surface area contributed by atoms with Crippen LogP contribution in [0.15, 0.2) is 41.6 Å². The molecular formula is C21H23ClF3N3OS. The molecule has 2 aromatic heterocycles. The van der Waals surface area contributed by atoms with Crippen LogP contribution in [0.5, 0.6) is 5.75 Å². The zero-order chi connectivity index (χ0) is 21.9. The lowest BCUT2D eigenvalue weighted by Crippen LogP contribution is -2.26. The van der Waals surface area contributed by atoms with Crippen LogP contribution >= 0.6 is 23.4 Å². The highest BCUT2D eigenvalue weighted by Crippen LogP contribution is 2.38. The fraction of sp³-hybridized carbons (Fsp3) is 0.381. The fourth-order valence-electron chi connectivity index (χ4n) is 3.44. The van der Waals surface area contributed by atoms with Gasteiger partial charge in [-0.2, -0.15) is 0 Å². The molecule has 9 heteroatoms. The number of benzene rings is 1. The van der Waals surface area contributed by atoms with E-state index in [0.717, 1.165) is 42.3 Å². The van der Waals surface area contributed by atoms with Crippen LogP contribution in [0, 0.1) is 0 Å². The van der Waals surface area contributed by atoms with Crippen LogP contribution in [0.1, 0.15) is 26.7 Å². The SMILES string of the molecule is CCCN(CCC)c1c(SC)nc2c(-c3ccc(OC(F)(F)F)cc3Cl)cccn12. The fourth-order valence-corrected chi connectivity index (χ4v) is 4.30. The number of pyridine rings is 1. The van der Waals surface area contributed by atoms with E-state index in [9.17, 15) is 13.2 Å². The van der Waals surface area contributed by atoms with Gasteiger partial charge in [-0.1, -0.05) is 25.4 Å². The van der Waals surface area contributed by atoms with Gasteiger partial charge in [-0.05, 0) is 49.4 Å². The molecule has 3 rings (SSSR count). The molecule has 0 fully saturated rings. The number of anilines is 1. The highest BCUT2D eigenvalue weighted by molar-refractivity contribution is 7.98. The molecule has 30 heavy (non-hydrogen) atoms. The number of fused-ring (bicyclic) bond motifs is 1. The number of ether oxygens (including phenoxy) is 1. The van der Waals surface area contributed by atoms with Crippen molar-refractivity contribution in [2.75, 3.05) is 24.2 Å². The Morgan fingerprint density at radius 3 is 2.40 bits per heavy atom. The Kier molecular flexibility index (Phi) is 7.08. The van der Waals surface area contributed by atoms with Gasteiger partial charge in [0.1, 0.15) is 22.2 Å². The summed E-state index contributed by atoms with van der Waals surface area (Å²) >= 11 is 7.90. The molecule has 0 aliphatic carbocycles. The molecule has 0 spiro atoms. The maximum atomic E-state index is 12.5. The van der Waals surface area contributed by atoms with Crippen molar-refractivity contribution in [3.05, 3.63) is 41.6 Å². The van der Waals surface area contributed by atoms with E-state index in [1.165, 1.54) is 18.2 Å². The lowest BCUT2D eigenvalue weighted by Gasteiger charge is -2.24. The summed E-state index contributed by atoms with van der Waals surface area (Å²) in [6, 6.07) is 7.73. The Hall–Kier alpha value is -2.06. The Balaban J connectivity index is 2.12. The molecule has 0 radical (unpaired) electrons. The van der Waals surface area contributed by atoms with E-state index < -0.39 is 6.36 Å². The first-order valence-corrected chi connectivity index (χ1v) is 11.2. The molecule has 2 heterocycles. The van der Waals surface area contributed by atoms with Crippen LogP contribution in [0.3, 0.4) is 0 Å². The van der Waals surface area contributed by atoms with E-state index in [1.807, 2.05) is 29.0 Å². The quantitative estimate of drug-likeness (QED) is 0.344. The van der Waals surface area contributed by atoms with Gasteiger partial charge in [-0.3, -0.25) is 4.40 Å². The summed E-state index contributed by atoms with van der Waals surface area (Å²) in [6.07, 6.45) is 1.18. The van der Waals surface area contributed by atoms with E-state index in [0.29, 0.717) is 11.2 Å². The predicted molar refractivity (Wildman–Crippen MR) is 117 cm³/mol. The van der Waals surface area contributed by atoms with Gasteiger partial charge in [0.2, 0.25) is 0 Å². The van der Waals surface area contributed by atoms with E-state index in [1.54, 1.807) is 11.8 Å². The Bertz CT molecular complexity index is 1020. The van der Waals surface area contributed by atoms with Gasteiger partial charge in [0, 0.05) is 30.4 Å². The topological polar surface area (TPSA) is 29.8 Å². The van der Waals surface area contributed by atoms with Crippen LogP contribution in [0.2, 0.25) is 5.02 Å². The first-order valence-electron chi connectivity index (χ1n) is 9.64. The minimum absolute atomic E-state index is 0.166. The summed E-state index contributed by atoms with van der Waals surface area (Å²) in [5, 5.41) is 1.07. The molecule has 1 aromatic carbocycles. The molecule has 4 nitrogen and oxygen atoms in total. The van der Waals surface area contributed by atoms with Crippen molar-refractivity contribution in [2.24, 2.45) is 0 Å². The van der Waals surface area contributed by atoms with Gasteiger partial charge in [-0.25, -0.2) is 4.98 Å². The van der Waals surface area contributed by atoms with Crippen molar-refractivity contribution < 1.29 is 17.9 Å². The van der Waals surface area contributed by atoms with Crippen LogP contribution < -0.4 is 9.64 Å². The van der Waals surface area contributed by atoms with Gasteiger partial charge in [0.15, 0.2) is 0 Å². The van der Waals surface area contributed by atoms with Gasteiger partial charge < -0.3 is 9.64 Å². The molecule has 0 N–H and O–H groups in total. The smallest absolute Gasteiger partial charge is 0.406 e. The van der Waals surface area contributed by atoms with Crippen LogP contribution in [-0.4, -0.2) is 35.1 Å². The van der Waals surface area contributed by atoms with Crippen LogP contribution in [-0.2, 0) is 0 Å². The normalized spacial score (nSPS) is 11.8. The maximum absolute atomic E-state index is 12.5. The highest BCUT2D eigenvalue weighted by Gasteiger charge is 2.31. The second kappa shape index (κ2) is 9.39. The van der Waals surface area contributed by atoms with E-state index in [4.69, 9.17) is 16.6 Å². The maximum Gasteiger partial charge on any atom is 0.573 e. The summed E-state index contributed by atoms with van der Waals surface area (Å²) in [7, 11) is 0. The molecule has 0 aliphatic rings. The zero-order valence-electron chi connectivity index (χ0n) is 17.0. The highest BCUT2D eigenvalue weighted by atomic mass is 35.5. The minimum Gasteiger partial charge on any atom is -0.406 e. The first-order chi connectivity index (χ1) is 14.3. The van der Waals surface area contributed by atoms with E-state index in [-0.39, 0.29) is 10.8 Å². The second-order valence-corrected chi connectivity index (χ2v) is 7.94. The summed E-state index contributed by atoms with van der Waals surface area (Å²) in [6.45, 7) is 6.09. The Labute approximate surface area is 183 Å². The molecule has 0 bridgehead atoms. The first kappa shape index (κ1) is 22.6. The number of nitrogens with zero attached hydrogens (tertiary/aromatic N) is 3. The Morgan fingerprint density at radius 2 is 1.83 bits per heavy atom. The van der Waals surface area contributed by atoms with E-state index in [2.05, 4.69) is 23.5 Å². The second-order valence-electron chi connectivity index (χ2n) is 6.74. The monoisotopic (exact) mass is 457 g/mol. The molecule has 0 atom stereocenters. The van der Waals surface area contributed by atoms with Crippen molar-refractivity contribution in [3.63, 3.8) is 0 Å². The van der Waals surface area contributed by atoms with Gasteiger partial charge in [0.05, 0.1) is 5.02 Å². The number of alkyl halides is 3. The standard InChI is InChI=1S/C21H23ClF3N3OS/c1-4-10-27(11-5-2)20-19(30-3)26-18-16(7-6-12-28(18)20)15-9-8-14(13-17(15)22)29-21(23,24)25/h6-9,12-13H,4-5,10-11H2,1-3H3. The molecule has 0 saturated carbocycles. The molecule has 0 unspecified atom stereocenters. The number of rotatable bonds is 8. The van der Waals surface area contributed by atoms with E-state index >= 15 is 0 Å². The third-order valence-corrected chi connectivity index (χ3v) is 5.51. The van der Waals surface area contributed by atoms with Gasteiger partial charge in [0.25, 0.3) is 0 Å². The largest absolute Gasteiger partial charge is 0.573 e. The van der Waals surface area contributed by atoms with Crippen LogP contribution in [0.25, 0.3) is 16.8 Å². The van der Waals surface area contributed by atoms with Gasteiger partial charge in [-0.15, -0.1) is 24.9 Å².